The second-order valence-electron chi connectivity index (χ2n) is 7.46. The number of para-hydroxylation sites is 2. The lowest BCUT2D eigenvalue weighted by Gasteiger charge is -2.19. The number of amides is 1. The summed E-state index contributed by atoms with van der Waals surface area (Å²) >= 11 is 0. The molecule has 0 spiro atoms. The van der Waals surface area contributed by atoms with Crippen LogP contribution >= 0.6 is 0 Å². The summed E-state index contributed by atoms with van der Waals surface area (Å²) in [7, 11) is 0. The normalized spacial score (nSPS) is 17.3. The van der Waals surface area contributed by atoms with Crippen LogP contribution in [0.2, 0.25) is 0 Å². The summed E-state index contributed by atoms with van der Waals surface area (Å²) in [5.41, 5.74) is 2.23. The molecule has 3 aromatic rings. The molecule has 1 fully saturated rings. The maximum absolute atomic E-state index is 13.1. The van der Waals surface area contributed by atoms with Crippen LogP contribution in [0.4, 0.5) is 18.9 Å². The number of imidazole rings is 1. The number of anilines is 1. The molecule has 1 amide bonds. The zero-order valence-corrected chi connectivity index (χ0v) is 15.9. The fraction of sp³-hybridized carbons (Fsp3) is 0.273. The average molecular weight is 399 g/mol. The van der Waals surface area contributed by atoms with E-state index >= 15 is 0 Å². The van der Waals surface area contributed by atoms with E-state index in [0.29, 0.717) is 13.1 Å². The zero-order valence-electron chi connectivity index (χ0n) is 15.9. The molecule has 1 atom stereocenters. The maximum Gasteiger partial charge on any atom is 0.416 e. The SMILES string of the molecule is C=C(C)Cn1c(C2CC(=O)N(c3cccc(C(F)(F)F)c3)C2)nc2ccccc21. The van der Waals surface area contributed by atoms with Crippen LogP contribution in [0.15, 0.2) is 60.7 Å². The third-order valence-electron chi connectivity index (χ3n) is 5.09. The molecule has 2 aromatic carbocycles. The Balaban J connectivity index is 1.69. The van der Waals surface area contributed by atoms with E-state index in [1.807, 2.05) is 35.8 Å². The number of nitrogens with zero attached hydrogens (tertiary/aromatic N) is 3. The summed E-state index contributed by atoms with van der Waals surface area (Å²) < 4.78 is 41.2. The minimum absolute atomic E-state index is 0.204. The number of fused-ring (bicyclic) bond motifs is 1. The van der Waals surface area contributed by atoms with Crippen LogP contribution in [0.5, 0.6) is 0 Å². The predicted octanol–water partition coefficient (Wildman–Crippen LogP) is 5.15. The molecule has 1 aliphatic rings. The van der Waals surface area contributed by atoms with Crippen molar-refractivity contribution in [2.24, 2.45) is 0 Å². The van der Waals surface area contributed by atoms with Gasteiger partial charge in [-0.1, -0.05) is 30.4 Å². The second-order valence-corrected chi connectivity index (χ2v) is 7.46. The highest BCUT2D eigenvalue weighted by Crippen LogP contribution is 2.36. The predicted molar refractivity (Wildman–Crippen MR) is 106 cm³/mol. The van der Waals surface area contributed by atoms with Gasteiger partial charge < -0.3 is 9.47 Å². The van der Waals surface area contributed by atoms with Crippen LogP contribution in [0.3, 0.4) is 0 Å². The summed E-state index contributed by atoms with van der Waals surface area (Å²) in [4.78, 5) is 18.8. The number of halogens is 3. The Labute approximate surface area is 166 Å². The van der Waals surface area contributed by atoms with Crippen LogP contribution in [0, 0.1) is 0 Å². The number of alkyl halides is 3. The van der Waals surface area contributed by atoms with Crippen LogP contribution in [0.25, 0.3) is 11.0 Å². The quantitative estimate of drug-likeness (QED) is 0.569. The first-order chi connectivity index (χ1) is 13.7. The molecule has 4 rings (SSSR count). The summed E-state index contributed by atoms with van der Waals surface area (Å²) in [5.74, 6) is 0.351. The van der Waals surface area contributed by atoms with Gasteiger partial charge in [0.25, 0.3) is 0 Å². The molecule has 1 unspecified atom stereocenters. The van der Waals surface area contributed by atoms with E-state index in [1.54, 1.807) is 0 Å². The fourth-order valence-corrected chi connectivity index (χ4v) is 3.82. The first kappa shape index (κ1) is 19.2. The minimum atomic E-state index is -4.45. The number of carbonyl (C=O) groups excluding carboxylic acids is 1. The van der Waals surface area contributed by atoms with Crippen molar-refractivity contribution < 1.29 is 18.0 Å². The molecule has 0 radical (unpaired) electrons. The molecular weight excluding hydrogens is 379 g/mol. The number of hydrogen-bond donors (Lipinski definition) is 0. The summed E-state index contributed by atoms with van der Waals surface area (Å²) in [6.45, 7) is 6.77. The Hall–Kier alpha value is -3.09. The molecule has 0 aliphatic carbocycles. The molecule has 0 saturated carbocycles. The Morgan fingerprint density at radius 3 is 2.69 bits per heavy atom. The van der Waals surface area contributed by atoms with Crippen molar-refractivity contribution in [1.82, 2.24) is 9.55 Å². The van der Waals surface area contributed by atoms with Crippen LogP contribution in [-0.4, -0.2) is 22.0 Å². The lowest BCUT2D eigenvalue weighted by molar-refractivity contribution is -0.137. The van der Waals surface area contributed by atoms with Gasteiger partial charge in [-0.3, -0.25) is 4.79 Å². The van der Waals surface area contributed by atoms with E-state index in [-0.39, 0.29) is 23.9 Å². The Bertz CT molecular complexity index is 1100. The van der Waals surface area contributed by atoms with Gasteiger partial charge in [-0.05, 0) is 37.3 Å². The van der Waals surface area contributed by atoms with Crippen LogP contribution in [0.1, 0.15) is 30.7 Å². The van der Waals surface area contributed by atoms with E-state index in [0.717, 1.165) is 34.6 Å². The van der Waals surface area contributed by atoms with E-state index in [2.05, 4.69) is 6.58 Å². The van der Waals surface area contributed by atoms with Gasteiger partial charge in [0.15, 0.2) is 0 Å². The molecule has 0 N–H and O–H groups in total. The first-order valence-electron chi connectivity index (χ1n) is 9.31. The lowest BCUT2D eigenvalue weighted by Crippen LogP contribution is -2.25. The number of carbonyl (C=O) groups is 1. The number of allylic oxidation sites excluding steroid dienone is 1. The van der Waals surface area contributed by atoms with Crippen molar-refractivity contribution >= 4 is 22.6 Å². The van der Waals surface area contributed by atoms with Crippen molar-refractivity contribution in [3.8, 4) is 0 Å². The van der Waals surface area contributed by atoms with Gasteiger partial charge in [0.05, 0.1) is 16.6 Å². The molecule has 7 heteroatoms. The highest BCUT2D eigenvalue weighted by Gasteiger charge is 2.36. The Morgan fingerprint density at radius 2 is 1.97 bits per heavy atom. The Morgan fingerprint density at radius 1 is 1.21 bits per heavy atom. The summed E-state index contributed by atoms with van der Waals surface area (Å²) in [5, 5.41) is 0. The number of benzene rings is 2. The van der Waals surface area contributed by atoms with E-state index < -0.39 is 11.7 Å². The number of aromatic nitrogens is 2. The second kappa shape index (κ2) is 7.06. The van der Waals surface area contributed by atoms with E-state index in [4.69, 9.17) is 4.98 Å². The van der Waals surface area contributed by atoms with Crippen molar-refractivity contribution in [2.45, 2.75) is 32.0 Å². The van der Waals surface area contributed by atoms with Gasteiger partial charge >= 0.3 is 6.18 Å². The molecule has 1 aliphatic heterocycles. The molecule has 0 bridgehead atoms. The first-order valence-corrected chi connectivity index (χ1v) is 9.31. The molecule has 1 aromatic heterocycles. The third-order valence-corrected chi connectivity index (χ3v) is 5.09. The molecule has 2 heterocycles. The van der Waals surface area contributed by atoms with Gasteiger partial charge in [0, 0.05) is 31.1 Å². The van der Waals surface area contributed by atoms with Gasteiger partial charge in [-0.15, -0.1) is 0 Å². The molecular formula is C22H20F3N3O. The Kier molecular flexibility index (Phi) is 4.68. The van der Waals surface area contributed by atoms with Gasteiger partial charge in [-0.25, -0.2) is 4.98 Å². The van der Waals surface area contributed by atoms with Crippen LogP contribution < -0.4 is 4.90 Å². The highest BCUT2D eigenvalue weighted by atomic mass is 19.4. The minimum Gasteiger partial charge on any atom is -0.324 e. The zero-order chi connectivity index (χ0) is 20.8. The monoisotopic (exact) mass is 399 g/mol. The van der Waals surface area contributed by atoms with Gasteiger partial charge in [0.1, 0.15) is 5.82 Å². The summed E-state index contributed by atoms with van der Waals surface area (Å²) in [6, 6.07) is 12.6. The molecule has 1 saturated heterocycles. The molecule has 29 heavy (non-hydrogen) atoms. The van der Waals surface area contributed by atoms with Crippen molar-refractivity contribution in [3.63, 3.8) is 0 Å². The topological polar surface area (TPSA) is 38.1 Å². The van der Waals surface area contributed by atoms with Crippen molar-refractivity contribution in [1.29, 1.82) is 0 Å². The maximum atomic E-state index is 13.1. The third kappa shape index (κ3) is 3.64. The number of hydrogen-bond acceptors (Lipinski definition) is 2. The molecule has 150 valence electrons. The average Bonchev–Trinajstić information content (AvgIpc) is 3.22. The highest BCUT2D eigenvalue weighted by molar-refractivity contribution is 5.96. The van der Waals surface area contributed by atoms with Crippen molar-refractivity contribution in [2.75, 3.05) is 11.4 Å². The standard InChI is InChI=1S/C22H20F3N3O/c1-14(2)12-28-19-9-4-3-8-18(19)26-21(28)15-10-20(29)27(13-15)17-7-5-6-16(11-17)22(23,24)25/h3-9,11,15H,1,10,12-13H2,2H3. The van der Waals surface area contributed by atoms with Gasteiger partial charge in [-0.2, -0.15) is 13.2 Å². The van der Waals surface area contributed by atoms with Crippen molar-refractivity contribution in [3.05, 3.63) is 72.1 Å². The van der Waals surface area contributed by atoms with E-state index in [9.17, 15) is 18.0 Å². The van der Waals surface area contributed by atoms with Gasteiger partial charge in [0.2, 0.25) is 5.91 Å². The smallest absolute Gasteiger partial charge is 0.324 e. The summed E-state index contributed by atoms with van der Waals surface area (Å²) in [6.07, 6.45) is -4.25. The molecule has 4 nitrogen and oxygen atoms in total. The van der Waals surface area contributed by atoms with Crippen LogP contribution in [-0.2, 0) is 17.5 Å². The number of rotatable bonds is 4. The van der Waals surface area contributed by atoms with E-state index in [1.165, 1.54) is 17.0 Å². The fourth-order valence-electron chi connectivity index (χ4n) is 3.82. The lowest BCUT2D eigenvalue weighted by atomic mass is 10.1. The largest absolute Gasteiger partial charge is 0.416 e.